The number of aromatic amines is 1. The Hall–Kier alpha value is -2.95. The first kappa shape index (κ1) is 22.5. The van der Waals surface area contributed by atoms with Gasteiger partial charge in [0.2, 0.25) is 0 Å². The Morgan fingerprint density at radius 1 is 1.00 bits per heavy atom. The number of para-hydroxylation sites is 2. The monoisotopic (exact) mass is 465 g/mol. The van der Waals surface area contributed by atoms with Gasteiger partial charge in [0.05, 0.1) is 16.6 Å². The molecule has 0 spiro atoms. The molecule has 1 saturated carbocycles. The minimum atomic E-state index is -0.573. The van der Waals surface area contributed by atoms with Crippen LogP contribution in [-0.4, -0.2) is 45.7 Å². The maximum atomic E-state index is 11.6. The van der Waals surface area contributed by atoms with E-state index in [9.17, 15) is 5.11 Å². The molecule has 0 unspecified atom stereocenters. The summed E-state index contributed by atoms with van der Waals surface area (Å²) in [6.45, 7) is 1.94. The summed E-state index contributed by atoms with van der Waals surface area (Å²) in [6, 6.07) is 23.6. The number of aryl methyl sites for hydroxylation is 1. The first-order valence-electron chi connectivity index (χ1n) is 13.1. The predicted molar refractivity (Wildman–Crippen MR) is 144 cm³/mol. The molecule has 3 aliphatic carbocycles. The van der Waals surface area contributed by atoms with Gasteiger partial charge in [-0.05, 0) is 91.7 Å². The van der Waals surface area contributed by atoms with Crippen LogP contribution in [0.1, 0.15) is 43.5 Å². The van der Waals surface area contributed by atoms with Crippen LogP contribution in [0.4, 0.5) is 0 Å². The molecule has 3 atom stereocenters. The van der Waals surface area contributed by atoms with Crippen molar-refractivity contribution in [2.24, 2.45) is 11.8 Å². The highest BCUT2D eigenvalue weighted by molar-refractivity contribution is 5.87. The quantitative estimate of drug-likeness (QED) is 0.325. The van der Waals surface area contributed by atoms with Crippen molar-refractivity contribution < 1.29 is 5.11 Å². The van der Waals surface area contributed by atoms with E-state index in [0.29, 0.717) is 5.92 Å². The zero-order valence-corrected chi connectivity index (χ0v) is 20.6. The van der Waals surface area contributed by atoms with Crippen LogP contribution < -0.4 is 0 Å². The lowest BCUT2D eigenvalue weighted by Crippen LogP contribution is -2.48. The summed E-state index contributed by atoms with van der Waals surface area (Å²) in [7, 11) is 2.18. The van der Waals surface area contributed by atoms with Crippen molar-refractivity contribution in [3.63, 3.8) is 0 Å². The van der Waals surface area contributed by atoms with Crippen molar-refractivity contribution in [3.05, 3.63) is 84.2 Å². The summed E-state index contributed by atoms with van der Waals surface area (Å²) < 4.78 is 0. The first-order valence-corrected chi connectivity index (χ1v) is 13.1. The van der Waals surface area contributed by atoms with E-state index in [2.05, 4.69) is 77.6 Å². The van der Waals surface area contributed by atoms with E-state index in [-0.39, 0.29) is 5.92 Å². The highest BCUT2D eigenvalue weighted by Gasteiger charge is 2.46. The number of allylic oxidation sites excluding steroid dienone is 1. The fourth-order valence-corrected chi connectivity index (χ4v) is 6.31. The predicted octanol–water partition coefficient (Wildman–Crippen LogP) is 6.22. The summed E-state index contributed by atoms with van der Waals surface area (Å²) in [5, 5.41) is 14.2. The van der Waals surface area contributed by atoms with Gasteiger partial charge >= 0.3 is 0 Å². The van der Waals surface area contributed by atoms with Gasteiger partial charge in [-0.25, -0.2) is 4.98 Å². The number of hydrogen-bond donors (Lipinski definition) is 2. The summed E-state index contributed by atoms with van der Waals surface area (Å²) in [5.74, 6) is 1.79. The number of aliphatic hydroxyl groups is 1. The zero-order chi connectivity index (χ0) is 23.8. The summed E-state index contributed by atoms with van der Waals surface area (Å²) in [6.07, 6.45) is 8.45. The van der Waals surface area contributed by atoms with Crippen LogP contribution in [0, 0.1) is 11.8 Å². The van der Waals surface area contributed by atoms with Gasteiger partial charge in [0.1, 0.15) is 5.82 Å². The Kier molecular flexibility index (Phi) is 5.95. The summed E-state index contributed by atoms with van der Waals surface area (Å²) >= 11 is 0. The third kappa shape index (κ3) is 4.53. The Bertz CT molecular complexity index is 1340. The van der Waals surface area contributed by atoms with Crippen molar-refractivity contribution in [2.45, 2.75) is 44.1 Å². The van der Waals surface area contributed by atoms with Gasteiger partial charge in [-0.1, -0.05) is 54.6 Å². The number of rotatable bonds is 8. The molecule has 1 heterocycles. The van der Waals surface area contributed by atoms with Crippen LogP contribution in [-0.2, 0) is 6.42 Å². The Morgan fingerprint density at radius 2 is 1.83 bits per heavy atom. The number of aromatic nitrogens is 2. The molecule has 4 aromatic rings. The van der Waals surface area contributed by atoms with Gasteiger partial charge in [-0.15, -0.1) is 0 Å². The Balaban J connectivity index is 1.06. The fourth-order valence-electron chi connectivity index (χ4n) is 6.31. The van der Waals surface area contributed by atoms with Crippen LogP contribution in [0.25, 0.3) is 27.4 Å². The molecule has 1 fully saturated rings. The summed E-state index contributed by atoms with van der Waals surface area (Å²) in [5.41, 5.74) is 4.37. The molecule has 0 saturated heterocycles. The second-order valence-corrected chi connectivity index (χ2v) is 10.7. The van der Waals surface area contributed by atoms with Crippen LogP contribution in [0.5, 0.6) is 0 Å². The van der Waals surface area contributed by atoms with E-state index in [1.54, 1.807) is 0 Å². The van der Waals surface area contributed by atoms with E-state index in [0.717, 1.165) is 62.1 Å². The summed E-state index contributed by atoms with van der Waals surface area (Å²) in [4.78, 5) is 10.5. The van der Waals surface area contributed by atoms with Gasteiger partial charge in [0, 0.05) is 18.9 Å². The van der Waals surface area contributed by atoms with Crippen LogP contribution in [0.15, 0.2) is 72.8 Å². The number of fused-ring (bicyclic) bond motifs is 4. The maximum absolute atomic E-state index is 11.6. The molecule has 0 aliphatic heterocycles. The van der Waals surface area contributed by atoms with Gasteiger partial charge in [-0.2, -0.15) is 0 Å². The lowest BCUT2D eigenvalue weighted by molar-refractivity contribution is -0.0574. The molecule has 180 valence electrons. The van der Waals surface area contributed by atoms with Crippen molar-refractivity contribution >= 4 is 27.4 Å². The lowest BCUT2D eigenvalue weighted by atomic mass is 9.61. The number of hydrogen-bond acceptors (Lipinski definition) is 3. The van der Waals surface area contributed by atoms with Crippen LogP contribution >= 0.6 is 0 Å². The zero-order valence-electron chi connectivity index (χ0n) is 20.6. The van der Waals surface area contributed by atoms with Crippen LogP contribution in [0.2, 0.25) is 0 Å². The molecular formula is C31H35N3O. The second-order valence-electron chi connectivity index (χ2n) is 10.7. The number of nitrogens with zero attached hydrogens (tertiary/aromatic N) is 2. The Morgan fingerprint density at radius 3 is 2.66 bits per heavy atom. The number of imidazole rings is 1. The molecule has 0 amide bonds. The standard InChI is InChI=1S/C31H35N3O/c1-34(17-6-11-30-32-28-9-4-5-10-29(28)33-30)18-16-31(35)21-25-14-15-26(31)20-27(25)24-13-12-22-7-2-3-8-23(22)19-24/h2-5,7-10,12-13,19-20,25-26,35H,6,11,14-18,21H2,1H3,(H,32,33)/t25-,26-,31+/m1/s1. The van der Waals surface area contributed by atoms with Crippen molar-refractivity contribution in [3.8, 4) is 0 Å². The van der Waals surface area contributed by atoms with Crippen LogP contribution in [0.3, 0.4) is 0 Å². The van der Waals surface area contributed by atoms with E-state index in [1.165, 1.54) is 28.3 Å². The molecule has 1 aromatic heterocycles. The minimum absolute atomic E-state index is 0.262. The molecule has 3 aromatic carbocycles. The Labute approximate surface area is 207 Å². The largest absolute Gasteiger partial charge is 0.389 e. The van der Waals surface area contributed by atoms with Gasteiger partial charge in [0.15, 0.2) is 0 Å². The molecule has 4 nitrogen and oxygen atoms in total. The third-order valence-corrected chi connectivity index (χ3v) is 8.34. The molecule has 35 heavy (non-hydrogen) atoms. The SMILES string of the molecule is CN(CCCc1nc2ccccc2[nH]1)CC[C@]1(O)C[C@H]2CC[C@@H]1C=C2c1ccc2ccccc2c1. The topological polar surface area (TPSA) is 52.2 Å². The molecule has 4 heteroatoms. The van der Waals surface area contributed by atoms with E-state index in [4.69, 9.17) is 4.98 Å². The molecule has 3 aliphatic rings. The van der Waals surface area contributed by atoms with Crippen molar-refractivity contribution in [2.75, 3.05) is 20.1 Å². The number of H-pyrrole nitrogens is 1. The molecule has 0 radical (unpaired) electrons. The lowest BCUT2D eigenvalue weighted by Gasteiger charge is -2.48. The highest BCUT2D eigenvalue weighted by atomic mass is 16.3. The molecule has 2 N–H and O–H groups in total. The van der Waals surface area contributed by atoms with E-state index >= 15 is 0 Å². The number of benzene rings is 3. The maximum Gasteiger partial charge on any atom is 0.107 e. The number of nitrogens with one attached hydrogen (secondary N) is 1. The second kappa shape index (κ2) is 9.25. The average molecular weight is 466 g/mol. The fraction of sp³-hybridized carbons (Fsp3) is 0.387. The highest BCUT2D eigenvalue weighted by Crippen LogP contribution is 2.51. The van der Waals surface area contributed by atoms with Crippen molar-refractivity contribution in [1.82, 2.24) is 14.9 Å². The molecular weight excluding hydrogens is 430 g/mol. The molecule has 2 bridgehead atoms. The molecule has 7 rings (SSSR count). The minimum Gasteiger partial charge on any atom is -0.389 e. The van der Waals surface area contributed by atoms with Gasteiger partial charge in [-0.3, -0.25) is 0 Å². The van der Waals surface area contributed by atoms with Gasteiger partial charge < -0.3 is 15.0 Å². The van der Waals surface area contributed by atoms with E-state index < -0.39 is 5.60 Å². The average Bonchev–Trinajstić information content (AvgIpc) is 3.30. The third-order valence-electron chi connectivity index (χ3n) is 8.34. The first-order chi connectivity index (χ1) is 17.1. The smallest absolute Gasteiger partial charge is 0.107 e. The van der Waals surface area contributed by atoms with E-state index in [1.807, 2.05) is 12.1 Å². The van der Waals surface area contributed by atoms with Gasteiger partial charge in [0.25, 0.3) is 0 Å². The normalized spacial score (nSPS) is 23.9. The van der Waals surface area contributed by atoms with Crippen molar-refractivity contribution in [1.29, 1.82) is 0 Å².